The highest BCUT2D eigenvalue weighted by atomic mass is 19.1. The maximum absolute atomic E-state index is 13.3. The molecule has 3 nitrogen and oxygen atoms in total. The van der Waals surface area contributed by atoms with Crippen LogP contribution in [0.2, 0.25) is 0 Å². The van der Waals surface area contributed by atoms with Crippen LogP contribution in [-0.2, 0) is 9.53 Å². The SMILES string of the molecule is CC1=Nc2c(F)cc(F)cc2C(C=O)O1. The largest absolute Gasteiger partial charge is 0.465 e. The Labute approximate surface area is 84.4 Å². The van der Waals surface area contributed by atoms with E-state index in [1.807, 2.05) is 0 Å². The van der Waals surface area contributed by atoms with Gasteiger partial charge >= 0.3 is 0 Å². The lowest BCUT2D eigenvalue weighted by atomic mass is 10.1. The number of rotatable bonds is 1. The second kappa shape index (κ2) is 3.42. The van der Waals surface area contributed by atoms with E-state index in [2.05, 4.69) is 4.99 Å². The third-order valence-electron chi connectivity index (χ3n) is 2.05. The first-order chi connectivity index (χ1) is 7.11. The normalized spacial score (nSPS) is 18.9. The zero-order chi connectivity index (χ0) is 11.0. The van der Waals surface area contributed by atoms with Gasteiger partial charge in [0.2, 0.25) is 0 Å². The van der Waals surface area contributed by atoms with Gasteiger partial charge in [-0.25, -0.2) is 13.8 Å². The summed E-state index contributed by atoms with van der Waals surface area (Å²) in [5, 5.41) is 0. The summed E-state index contributed by atoms with van der Waals surface area (Å²) in [6.45, 7) is 1.50. The van der Waals surface area contributed by atoms with Crippen LogP contribution in [0.3, 0.4) is 0 Å². The molecule has 0 radical (unpaired) electrons. The van der Waals surface area contributed by atoms with Crippen LogP contribution in [0.25, 0.3) is 0 Å². The number of halogens is 2. The minimum atomic E-state index is -0.984. The van der Waals surface area contributed by atoms with Gasteiger partial charge in [-0.1, -0.05) is 0 Å². The number of aldehydes is 1. The molecule has 78 valence electrons. The average molecular weight is 211 g/mol. The number of benzene rings is 1. The van der Waals surface area contributed by atoms with Gasteiger partial charge in [-0.3, -0.25) is 4.79 Å². The first-order valence-corrected chi connectivity index (χ1v) is 4.28. The lowest BCUT2D eigenvalue weighted by Gasteiger charge is -2.20. The lowest BCUT2D eigenvalue weighted by molar-refractivity contribution is -0.114. The van der Waals surface area contributed by atoms with E-state index in [-0.39, 0.29) is 17.1 Å². The maximum atomic E-state index is 13.3. The predicted octanol–water partition coefficient (Wildman–Crippen LogP) is 2.28. The van der Waals surface area contributed by atoms with Gasteiger partial charge in [0.05, 0.1) is 0 Å². The Kier molecular flexibility index (Phi) is 2.22. The molecule has 1 unspecified atom stereocenters. The fourth-order valence-corrected chi connectivity index (χ4v) is 1.45. The van der Waals surface area contributed by atoms with E-state index in [4.69, 9.17) is 4.74 Å². The second-order valence-electron chi connectivity index (χ2n) is 3.13. The van der Waals surface area contributed by atoms with E-state index in [1.54, 1.807) is 0 Å². The Morgan fingerprint density at radius 3 is 2.87 bits per heavy atom. The van der Waals surface area contributed by atoms with E-state index < -0.39 is 17.7 Å². The van der Waals surface area contributed by atoms with Gasteiger partial charge in [-0.2, -0.15) is 0 Å². The highest BCUT2D eigenvalue weighted by Crippen LogP contribution is 2.34. The standard InChI is InChI=1S/C10H7F2NO2/c1-5-13-10-7(9(4-14)15-5)2-6(11)3-8(10)12/h2-4,9H,1H3. The Hall–Kier alpha value is -1.78. The molecule has 0 bridgehead atoms. The van der Waals surface area contributed by atoms with Gasteiger partial charge in [0.25, 0.3) is 0 Å². The quantitative estimate of drug-likeness (QED) is 0.668. The zero-order valence-corrected chi connectivity index (χ0v) is 7.83. The third kappa shape index (κ3) is 1.60. The van der Waals surface area contributed by atoms with Crippen molar-refractivity contribution in [3.63, 3.8) is 0 Å². The van der Waals surface area contributed by atoms with Crippen LogP contribution in [-0.4, -0.2) is 12.2 Å². The number of hydrogen-bond donors (Lipinski definition) is 0. The number of fused-ring (bicyclic) bond motifs is 1. The summed E-state index contributed by atoms with van der Waals surface area (Å²) in [5.41, 5.74) is 0.0883. The molecule has 0 aliphatic carbocycles. The highest BCUT2D eigenvalue weighted by molar-refractivity contribution is 5.83. The van der Waals surface area contributed by atoms with E-state index >= 15 is 0 Å². The van der Waals surface area contributed by atoms with Crippen molar-refractivity contribution in [2.24, 2.45) is 4.99 Å². The van der Waals surface area contributed by atoms with Gasteiger partial charge in [-0.15, -0.1) is 0 Å². The molecule has 2 rings (SSSR count). The predicted molar refractivity (Wildman–Crippen MR) is 49.0 cm³/mol. The van der Waals surface area contributed by atoms with Gasteiger partial charge < -0.3 is 4.74 Å². The first-order valence-electron chi connectivity index (χ1n) is 4.28. The van der Waals surface area contributed by atoms with Crippen LogP contribution in [0, 0.1) is 11.6 Å². The summed E-state index contributed by atoms with van der Waals surface area (Å²) >= 11 is 0. The third-order valence-corrected chi connectivity index (χ3v) is 2.05. The Morgan fingerprint density at radius 2 is 2.20 bits per heavy atom. The fraction of sp³-hybridized carbons (Fsp3) is 0.200. The van der Waals surface area contributed by atoms with Crippen molar-refractivity contribution in [1.82, 2.24) is 0 Å². The molecule has 15 heavy (non-hydrogen) atoms. The first kappa shape index (κ1) is 9.76. The summed E-state index contributed by atoms with van der Waals surface area (Å²) < 4.78 is 31.2. The molecule has 1 aliphatic rings. The van der Waals surface area contributed by atoms with Crippen LogP contribution >= 0.6 is 0 Å². The minimum Gasteiger partial charge on any atom is -0.465 e. The molecule has 5 heteroatoms. The number of aliphatic imine (C=N–C) groups is 1. The molecule has 0 fully saturated rings. The average Bonchev–Trinajstić information content (AvgIpc) is 2.18. The minimum absolute atomic E-state index is 0.0303. The number of ether oxygens (including phenoxy) is 1. The Bertz CT molecular complexity index is 457. The van der Waals surface area contributed by atoms with Crippen molar-refractivity contribution >= 4 is 17.9 Å². The topological polar surface area (TPSA) is 38.7 Å². The van der Waals surface area contributed by atoms with Crippen molar-refractivity contribution in [1.29, 1.82) is 0 Å². The van der Waals surface area contributed by atoms with Crippen molar-refractivity contribution < 1.29 is 18.3 Å². The molecule has 0 amide bonds. The van der Waals surface area contributed by atoms with Crippen molar-refractivity contribution in [2.45, 2.75) is 13.0 Å². The van der Waals surface area contributed by atoms with Gasteiger partial charge in [0, 0.05) is 18.6 Å². The van der Waals surface area contributed by atoms with Crippen LogP contribution < -0.4 is 0 Å². The molecule has 1 atom stereocenters. The molecule has 1 heterocycles. The maximum Gasteiger partial charge on any atom is 0.186 e. The van der Waals surface area contributed by atoms with Crippen molar-refractivity contribution in [3.05, 3.63) is 29.3 Å². The van der Waals surface area contributed by atoms with Gasteiger partial charge in [0.1, 0.15) is 11.5 Å². The van der Waals surface area contributed by atoms with Crippen molar-refractivity contribution in [2.75, 3.05) is 0 Å². The molecule has 0 saturated carbocycles. The summed E-state index contributed by atoms with van der Waals surface area (Å²) in [6.07, 6.45) is -0.502. The molecule has 0 saturated heterocycles. The molecule has 1 aliphatic heterocycles. The fourth-order valence-electron chi connectivity index (χ4n) is 1.45. The molecule has 0 N–H and O–H groups in total. The van der Waals surface area contributed by atoms with Crippen LogP contribution in [0.5, 0.6) is 0 Å². The zero-order valence-electron chi connectivity index (χ0n) is 7.83. The van der Waals surface area contributed by atoms with E-state index in [1.165, 1.54) is 6.92 Å². The van der Waals surface area contributed by atoms with E-state index in [0.29, 0.717) is 6.29 Å². The number of nitrogens with zero attached hydrogens (tertiary/aromatic N) is 1. The monoisotopic (exact) mass is 211 g/mol. The lowest BCUT2D eigenvalue weighted by Crippen LogP contribution is -2.15. The molecule has 1 aromatic rings. The molecular weight excluding hydrogens is 204 g/mol. The number of carbonyl (C=O) groups excluding carboxylic acids is 1. The van der Waals surface area contributed by atoms with Crippen LogP contribution in [0.1, 0.15) is 18.6 Å². The van der Waals surface area contributed by atoms with Crippen molar-refractivity contribution in [3.8, 4) is 0 Å². The second-order valence-corrected chi connectivity index (χ2v) is 3.13. The van der Waals surface area contributed by atoms with Gasteiger partial charge in [-0.05, 0) is 6.07 Å². The van der Waals surface area contributed by atoms with E-state index in [0.717, 1.165) is 12.1 Å². The van der Waals surface area contributed by atoms with E-state index in [9.17, 15) is 13.6 Å². The summed E-state index contributed by atoms with van der Waals surface area (Å²) in [5.74, 6) is -1.36. The summed E-state index contributed by atoms with van der Waals surface area (Å²) in [4.78, 5) is 14.4. The van der Waals surface area contributed by atoms with Crippen LogP contribution in [0.15, 0.2) is 17.1 Å². The smallest absolute Gasteiger partial charge is 0.186 e. The van der Waals surface area contributed by atoms with Gasteiger partial charge in [0.15, 0.2) is 24.1 Å². The highest BCUT2D eigenvalue weighted by Gasteiger charge is 2.25. The molecule has 1 aromatic carbocycles. The summed E-state index contributed by atoms with van der Waals surface area (Å²) in [6, 6.07) is 1.77. The molecular formula is C10H7F2NO2. The molecule has 0 aromatic heterocycles. The van der Waals surface area contributed by atoms with Crippen LogP contribution in [0.4, 0.5) is 14.5 Å². The Balaban J connectivity index is 2.66. The summed E-state index contributed by atoms with van der Waals surface area (Å²) in [7, 11) is 0. The Morgan fingerprint density at radius 1 is 1.47 bits per heavy atom. The number of carbonyl (C=O) groups is 1. The molecule has 0 spiro atoms. The number of hydrogen-bond acceptors (Lipinski definition) is 3.